The standard InChI is InChI=1S/C29H35N3O4S/c1-29(2,32-18-27(35)23-9-12-26(34)25(15-23)31-19-33)16-22-6-4-5-21(13-22)14-28(36)30-17-20-7-10-24(37-3)11-8-20/h4-13,15,19,27,32,34-35H,14,16-18H2,1-3H3,(H,30,36)(H,31,33)/t27-/m1/s1. The molecule has 3 rings (SSSR count). The number of β-amino-alcohol motifs (C(OH)–C–C–N with tert-alkyl or cyclic N) is 1. The quantitative estimate of drug-likeness (QED) is 0.131. The molecule has 0 aliphatic rings. The number of phenolic OH excluding ortho intramolecular Hbond substituents is 1. The van der Waals surface area contributed by atoms with Gasteiger partial charge in [0.05, 0.1) is 18.2 Å². The van der Waals surface area contributed by atoms with Gasteiger partial charge in [0.25, 0.3) is 0 Å². The Kier molecular flexibility index (Phi) is 10.1. The summed E-state index contributed by atoms with van der Waals surface area (Å²) in [5.74, 6) is -0.0846. The van der Waals surface area contributed by atoms with Crippen molar-refractivity contribution in [1.82, 2.24) is 10.6 Å². The van der Waals surface area contributed by atoms with Gasteiger partial charge in [-0.2, -0.15) is 0 Å². The van der Waals surface area contributed by atoms with Crippen molar-refractivity contribution >= 4 is 29.8 Å². The number of nitrogens with one attached hydrogen (secondary N) is 3. The minimum absolute atomic E-state index is 0.0241. The van der Waals surface area contributed by atoms with Gasteiger partial charge >= 0.3 is 0 Å². The smallest absolute Gasteiger partial charge is 0.224 e. The van der Waals surface area contributed by atoms with E-state index in [0.717, 1.165) is 16.7 Å². The van der Waals surface area contributed by atoms with Crippen LogP contribution < -0.4 is 16.0 Å². The van der Waals surface area contributed by atoms with Crippen LogP contribution in [0.5, 0.6) is 5.75 Å². The fraction of sp³-hybridized carbons (Fsp3) is 0.310. The van der Waals surface area contributed by atoms with Gasteiger partial charge in [0.1, 0.15) is 5.75 Å². The number of aromatic hydroxyl groups is 1. The number of aliphatic hydroxyl groups is 1. The second-order valence-electron chi connectivity index (χ2n) is 9.62. The molecule has 0 radical (unpaired) electrons. The van der Waals surface area contributed by atoms with Crippen molar-refractivity contribution < 1.29 is 19.8 Å². The van der Waals surface area contributed by atoms with E-state index in [-0.39, 0.29) is 22.9 Å². The zero-order valence-electron chi connectivity index (χ0n) is 21.5. The van der Waals surface area contributed by atoms with Crippen molar-refractivity contribution in [1.29, 1.82) is 0 Å². The third-order valence-electron chi connectivity index (χ3n) is 6.04. The maximum absolute atomic E-state index is 12.5. The van der Waals surface area contributed by atoms with E-state index < -0.39 is 6.10 Å². The molecule has 0 saturated heterocycles. The van der Waals surface area contributed by atoms with Gasteiger partial charge in [-0.05, 0) is 73.0 Å². The van der Waals surface area contributed by atoms with Crippen molar-refractivity contribution in [2.24, 2.45) is 0 Å². The number of aliphatic hydroxyl groups excluding tert-OH is 1. The molecule has 0 aliphatic carbocycles. The summed E-state index contributed by atoms with van der Waals surface area (Å²) in [6.45, 7) is 4.90. The van der Waals surface area contributed by atoms with Gasteiger partial charge in [0, 0.05) is 23.5 Å². The lowest BCUT2D eigenvalue weighted by Gasteiger charge is -2.28. The molecular weight excluding hydrogens is 486 g/mol. The number of amides is 2. The van der Waals surface area contributed by atoms with Gasteiger partial charge in [-0.25, -0.2) is 0 Å². The van der Waals surface area contributed by atoms with Crippen LogP contribution >= 0.6 is 11.8 Å². The Balaban J connectivity index is 1.52. The van der Waals surface area contributed by atoms with E-state index in [1.165, 1.54) is 11.0 Å². The Labute approximate surface area is 222 Å². The van der Waals surface area contributed by atoms with E-state index in [0.29, 0.717) is 37.9 Å². The Morgan fingerprint density at radius 3 is 2.46 bits per heavy atom. The van der Waals surface area contributed by atoms with E-state index in [4.69, 9.17) is 0 Å². The summed E-state index contributed by atoms with van der Waals surface area (Å²) in [5.41, 5.74) is 3.61. The van der Waals surface area contributed by atoms with Crippen molar-refractivity contribution in [3.05, 3.63) is 89.0 Å². The molecular formula is C29H35N3O4S. The third kappa shape index (κ3) is 8.93. The first-order chi connectivity index (χ1) is 17.7. The van der Waals surface area contributed by atoms with Crippen LogP contribution in [-0.2, 0) is 29.0 Å². The average molecular weight is 522 g/mol. The molecule has 3 aromatic rings. The predicted octanol–water partition coefficient (Wildman–Crippen LogP) is 4.19. The largest absolute Gasteiger partial charge is 0.506 e. The van der Waals surface area contributed by atoms with Crippen molar-refractivity contribution in [2.45, 2.75) is 49.8 Å². The normalized spacial score (nSPS) is 12.1. The number of thioether (sulfide) groups is 1. The number of benzene rings is 3. The molecule has 3 aromatic carbocycles. The topological polar surface area (TPSA) is 111 Å². The molecule has 8 heteroatoms. The molecule has 37 heavy (non-hydrogen) atoms. The maximum atomic E-state index is 12.5. The van der Waals surface area contributed by atoms with Crippen LogP contribution in [0.15, 0.2) is 71.6 Å². The fourth-order valence-electron chi connectivity index (χ4n) is 4.05. The summed E-state index contributed by atoms with van der Waals surface area (Å²) in [6.07, 6.45) is 2.70. The molecule has 0 heterocycles. The molecule has 2 amide bonds. The molecule has 0 spiro atoms. The number of carbonyl (C=O) groups excluding carboxylic acids is 2. The zero-order chi connectivity index (χ0) is 26.8. The third-order valence-corrected chi connectivity index (χ3v) is 6.79. The summed E-state index contributed by atoms with van der Waals surface area (Å²) in [7, 11) is 0. The SMILES string of the molecule is CSc1ccc(CNC(=O)Cc2cccc(CC(C)(C)NC[C@@H](O)c3ccc(O)c(NC=O)c3)c2)cc1. The first-order valence-electron chi connectivity index (χ1n) is 12.1. The number of phenols is 1. The van der Waals surface area contributed by atoms with Crippen molar-refractivity contribution in [2.75, 3.05) is 18.1 Å². The predicted molar refractivity (Wildman–Crippen MR) is 149 cm³/mol. The summed E-state index contributed by atoms with van der Waals surface area (Å²) < 4.78 is 0. The van der Waals surface area contributed by atoms with E-state index >= 15 is 0 Å². The monoisotopic (exact) mass is 521 g/mol. The van der Waals surface area contributed by atoms with Gasteiger partial charge in [0.2, 0.25) is 12.3 Å². The number of hydrogen-bond acceptors (Lipinski definition) is 6. The second kappa shape index (κ2) is 13.3. The van der Waals surface area contributed by atoms with Gasteiger partial charge in [-0.15, -0.1) is 11.8 Å². The Hall–Kier alpha value is -3.33. The number of anilines is 1. The van der Waals surface area contributed by atoms with Gasteiger partial charge in [-0.1, -0.05) is 42.5 Å². The average Bonchev–Trinajstić information content (AvgIpc) is 2.88. The summed E-state index contributed by atoms with van der Waals surface area (Å²) in [4.78, 5) is 24.4. The van der Waals surface area contributed by atoms with Crippen LogP contribution in [0.1, 0.15) is 42.2 Å². The van der Waals surface area contributed by atoms with Crippen LogP contribution in [-0.4, -0.2) is 40.9 Å². The first kappa shape index (κ1) is 28.2. The highest BCUT2D eigenvalue weighted by Crippen LogP contribution is 2.27. The van der Waals surface area contributed by atoms with Crippen LogP contribution in [0.25, 0.3) is 0 Å². The lowest BCUT2D eigenvalue weighted by Crippen LogP contribution is -2.43. The summed E-state index contributed by atoms with van der Waals surface area (Å²) >= 11 is 1.69. The molecule has 0 bridgehead atoms. The molecule has 7 nitrogen and oxygen atoms in total. The Bertz CT molecular complexity index is 1200. The molecule has 0 fully saturated rings. The number of carbonyl (C=O) groups is 2. The lowest BCUT2D eigenvalue weighted by atomic mass is 9.93. The number of rotatable bonds is 13. The minimum Gasteiger partial charge on any atom is -0.506 e. The first-order valence-corrected chi connectivity index (χ1v) is 13.3. The Morgan fingerprint density at radius 2 is 1.76 bits per heavy atom. The highest BCUT2D eigenvalue weighted by Gasteiger charge is 2.20. The second-order valence-corrected chi connectivity index (χ2v) is 10.5. The highest BCUT2D eigenvalue weighted by atomic mass is 32.2. The molecule has 0 aromatic heterocycles. The van der Waals surface area contributed by atoms with E-state index in [9.17, 15) is 19.8 Å². The molecule has 0 saturated carbocycles. The van der Waals surface area contributed by atoms with Gasteiger partial charge in [0.15, 0.2) is 0 Å². The fourth-order valence-corrected chi connectivity index (χ4v) is 4.45. The molecule has 0 unspecified atom stereocenters. The zero-order valence-corrected chi connectivity index (χ0v) is 22.3. The van der Waals surface area contributed by atoms with Gasteiger partial charge in [-0.3, -0.25) is 9.59 Å². The highest BCUT2D eigenvalue weighted by molar-refractivity contribution is 7.98. The molecule has 1 atom stereocenters. The van der Waals surface area contributed by atoms with Crippen LogP contribution in [0.3, 0.4) is 0 Å². The van der Waals surface area contributed by atoms with E-state index in [1.54, 1.807) is 23.9 Å². The van der Waals surface area contributed by atoms with Crippen LogP contribution in [0.4, 0.5) is 5.69 Å². The molecule has 5 N–H and O–H groups in total. The van der Waals surface area contributed by atoms with Crippen molar-refractivity contribution in [3.8, 4) is 5.75 Å². The van der Waals surface area contributed by atoms with Crippen LogP contribution in [0.2, 0.25) is 0 Å². The molecule has 0 aliphatic heterocycles. The Morgan fingerprint density at radius 1 is 1.03 bits per heavy atom. The lowest BCUT2D eigenvalue weighted by molar-refractivity contribution is -0.120. The maximum Gasteiger partial charge on any atom is 0.224 e. The van der Waals surface area contributed by atoms with Crippen LogP contribution in [0, 0.1) is 0 Å². The number of hydrogen-bond donors (Lipinski definition) is 5. The minimum atomic E-state index is -0.820. The van der Waals surface area contributed by atoms with Gasteiger partial charge < -0.3 is 26.2 Å². The van der Waals surface area contributed by atoms with Crippen molar-refractivity contribution in [3.63, 3.8) is 0 Å². The molecule has 196 valence electrons. The summed E-state index contributed by atoms with van der Waals surface area (Å²) in [6, 6.07) is 20.8. The summed E-state index contributed by atoms with van der Waals surface area (Å²) in [5, 5.41) is 29.2. The van der Waals surface area contributed by atoms with E-state index in [2.05, 4.69) is 41.9 Å². The van der Waals surface area contributed by atoms with E-state index in [1.807, 2.05) is 42.7 Å².